The highest BCUT2D eigenvalue weighted by molar-refractivity contribution is 7.89. The van der Waals surface area contributed by atoms with E-state index in [1.807, 2.05) is 54.6 Å². The number of esters is 2. The molecule has 1 amide bonds. The summed E-state index contributed by atoms with van der Waals surface area (Å²) in [5, 5.41) is 0. The molecule has 0 fully saturated rings. The van der Waals surface area contributed by atoms with Crippen LogP contribution in [0.25, 0.3) is 22.3 Å². The molecule has 5 rings (SSSR count). The first-order valence-electron chi connectivity index (χ1n) is 16.3. The van der Waals surface area contributed by atoms with Crippen molar-refractivity contribution in [2.75, 3.05) is 27.3 Å². The normalized spacial score (nSPS) is 12.1. The van der Waals surface area contributed by atoms with Crippen molar-refractivity contribution in [3.8, 4) is 22.3 Å². The lowest BCUT2D eigenvalue weighted by atomic mass is 9.99. The fraction of sp³-hybridized carbons (Fsp3) is 0.175. The standard InChI is InChI=1S/C40H35F3N2O7S/c1-51-38(47)34-10-6-7-11-36(34)53(49,50)44-24-25-45(35(39(48)52-2)26-27-12-14-29(15-13-27)28-8-4-3-5-9-28)37(46)32-18-16-30(17-19-32)31-20-22-33(23-21-31)40(41,42)43/h3-23,35,44H,24-26H2,1-2H3. The second-order valence-electron chi connectivity index (χ2n) is 11.8. The topological polar surface area (TPSA) is 119 Å². The van der Waals surface area contributed by atoms with Gasteiger partial charge in [-0.2, -0.15) is 13.2 Å². The van der Waals surface area contributed by atoms with Gasteiger partial charge in [0.1, 0.15) is 6.04 Å². The van der Waals surface area contributed by atoms with Gasteiger partial charge in [0.15, 0.2) is 0 Å². The highest BCUT2D eigenvalue weighted by Crippen LogP contribution is 2.31. The first-order valence-corrected chi connectivity index (χ1v) is 17.8. The third-order valence-electron chi connectivity index (χ3n) is 8.50. The van der Waals surface area contributed by atoms with Crippen molar-refractivity contribution in [3.63, 3.8) is 0 Å². The predicted molar refractivity (Wildman–Crippen MR) is 192 cm³/mol. The van der Waals surface area contributed by atoms with Crippen LogP contribution < -0.4 is 4.72 Å². The number of sulfonamides is 1. The van der Waals surface area contributed by atoms with Crippen molar-refractivity contribution in [2.45, 2.75) is 23.5 Å². The van der Waals surface area contributed by atoms with Gasteiger partial charge >= 0.3 is 18.1 Å². The predicted octanol–water partition coefficient (Wildman–Crippen LogP) is 7.03. The summed E-state index contributed by atoms with van der Waals surface area (Å²) in [6, 6.07) is 32.0. The fourth-order valence-electron chi connectivity index (χ4n) is 5.72. The number of ether oxygens (including phenoxy) is 2. The van der Waals surface area contributed by atoms with Crippen molar-refractivity contribution in [1.29, 1.82) is 0 Å². The van der Waals surface area contributed by atoms with Gasteiger partial charge in [-0.15, -0.1) is 0 Å². The van der Waals surface area contributed by atoms with Crippen LogP contribution in [0.3, 0.4) is 0 Å². The SMILES string of the molecule is COC(=O)c1ccccc1S(=O)(=O)NCCN(C(=O)c1ccc(-c2ccc(C(F)(F)F)cc2)cc1)C(Cc1ccc(-c2ccccc2)cc1)C(=O)OC. The van der Waals surface area contributed by atoms with Crippen LogP contribution in [-0.4, -0.2) is 64.5 Å². The Labute approximate surface area is 305 Å². The molecule has 0 spiro atoms. The fourth-order valence-corrected chi connectivity index (χ4v) is 6.94. The number of nitrogens with one attached hydrogen (secondary N) is 1. The summed E-state index contributed by atoms with van der Waals surface area (Å²) in [6.07, 6.45) is -4.47. The maximum absolute atomic E-state index is 14.2. The van der Waals surface area contributed by atoms with E-state index in [0.29, 0.717) is 16.7 Å². The number of carbonyl (C=O) groups is 3. The van der Waals surface area contributed by atoms with Gasteiger partial charge in [-0.05, 0) is 64.2 Å². The van der Waals surface area contributed by atoms with E-state index in [0.717, 1.165) is 30.4 Å². The molecule has 0 saturated carbocycles. The summed E-state index contributed by atoms with van der Waals surface area (Å²) < 4.78 is 78.3. The molecule has 274 valence electrons. The summed E-state index contributed by atoms with van der Waals surface area (Å²) in [5.74, 6) is -2.23. The zero-order chi connectivity index (χ0) is 38.2. The monoisotopic (exact) mass is 744 g/mol. The average molecular weight is 745 g/mol. The summed E-state index contributed by atoms with van der Waals surface area (Å²) >= 11 is 0. The van der Waals surface area contributed by atoms with Gasteiger partial charge in [0.25, 0.3) is 5.91 Å². The van der Waals surface area contributed by atoms with Crippen LogP contribution in [-0.2, 0) is 36.9 Å². The second-order valence-corrected chi connectivity index (χ2v) is 13.6. The Hall–Kier alpha value is -5.79. The third kappa shape index (κ3) is 9.36. The van der Waals surface area contributed by atoms with E-state index in [2.05, 4.69) is 4.72 Å². The molecule has 1 atom stereocenters. The number of hydrogen-bond acceptors (Lipinski definition) is 7. The van der Waals surface area contributed by atoms with Crippen LogP contribution in [0, 0.1) is 0 Å². The molecule has 9 nitrogen and oxygen atoms in total. The first kappa shape index (κ1) is 38.4. The van der Waals surface area contributed by atoms with E-state index < -0.39 is 45.7 Å². The van der Waals surface area contributed by atoms with Gasteiger partial charge < -0.3 is 14.4 Å². The molecule has 0 bridgehead atoms. The molecule has 5 aromatic rings. The Kier molecular flexibility index (Phi) is 12.1. The first-order chi connectivity index (χ1) is 25.3. The highest BCUT2D eigenvalue weighted by Gasteiger charge is 2.33. The molecule has 13 heteroatoms. The Balaban J connectivity index is 1.44. The molecule has 0 heterocycles. The molecule has 0 saturated heterocycles. The maximum Gasteiger partial charge on any atom is 0.416 e. The molecule has 0 radical (unpaired) electrons. The van der Waals surface area contributed by atoms with Crippen LogP contribution in [0.1, 0.15) is 31.8 Å². The van der Waals surface area contributed by atoms with Gasteiger partial charge in [-0.3, -0.25) is 4.79 Å². The van der Waals surface area contributed by atoms with Crippen LogP contribution in [0.2, 0.25) is 0 Å². The van der Waals surface area contributed by atoms with Gasteiger partial charge in [0.2, 0.25) is 10.0 Å². The lowest BCUT2D eigenvalue weighted by molar-refractivity contribution is -0.146. The molecule has 0 aliphatic rings. The van der Waals surface area contributed by atoms with Crippen molar-refractivity contribution in [2.24, 2.45) is 0 Å². The minimum Gasteiger partial charge on any atom is -0.467 e. The Morgan fingerprint density at radius 2 is 1.23 bits per heavy atom. The van der Waals surface area contributed by atoms with Crippen LogP contribution in [0.4, 0.5) is 13.2 Å². The van der Waals surface area contributed by atoms with Crippen LogP contribution >= 0.6 is 0 Å². The molecule has 0 aromatic heterocycles. The molecule has 1 unspecified atom stereocenters. The van der Waals surface area contributed by atoms with E-state index in [9.17, 15) is 36.0 Å². The zero-order valence-electron chi connectivity index (χ0n) is 28.7. The van der Waals surface area contributed by atoms with E-state index in [1.54, 1.807) is 12.1 Å². The number of alkyl halides is 3. The van der Waals surface area contributed by atoms with Crippen molar-refractivity contribution in [3.05, 3.63) is 150 Å². The van der Waals surface area contributed by atoms with E-state index in [-0.39, 0.29) is 35.5 Å². The van der Waals surface area contributed by atoms with Crippen LogP contribution in [0.5, 0.6) is 0 Å². The maximum atomic E-state index is 14.2. The lowest BCUT2D eigenvalue weighted by Gasteiger charge is -2.30. The van der Waals surface area contributed by atoms with E-state index in [4.69, 9.17) is 9.47 Å². The van der Waals surface area contributed by atoms with Gasteiger partial charge in [0, 0.05) is 25.1 Å². The number of methoxy groups -OCH3 is 2. The van der Waals surface area contributed by atoms with Crippen molar-refractivity contribution in [1.82, 2.24) is 9.62 Å². The quantitative estimate of drug-likeness (QED) is 0.129. The second kappa shape index (κ2) is 16.7. The number of carbonyl (C=O) groups excluding carboxylic acids is 3. The molecule has 5 aromatic carbocycles. The largest absolute Gasteiger partial charge is 0.467 e. The number of amides is 1. The molecule has 0 aliphatic heterocycles. The Bertz CT molecular complexity index is 2160. The highest BCUT2D eigenvalue weighted by atomic mass is 32.2. The number of benzene rings is 5. The number of hydrogen-bond donors (Lipinski definition) is 1. The van der Waals surface area contributed by atoms with Gasteiger partial charge in [-0.1, -0.05) is 91.0 Å². The zero-order valence-corrected chi connectivity index (χ0v) is 29.5. The smallest absolute Gasteiger partial charge is 0.416 e. The lowest BCUT2D eigenvalue weighted by Crippen LogP contribution is -2.49. The third-order valence-corrected chi connectivity index (χ3v) is 10.0. The molecular weight excluding hydrogens is 710 g/mol. The molecule has 53 heavy (non-hydrogen) atoms. The minimum atomic E-state index is -4.49. The summed E-state index contributed by atoms with van der Waals surface area (Å²) in [4.78, 5) is 40.7. The van der Waals surface area contributed by atoms with Crippen LogP contribution in [0.15, 0.2) is 132 Å². The minimum absolute atomic E-state index is 0.0229. The van der Waals surface area contributed by atoms with Gasteiger partial charge in [0.05, 0.1) is 30.2 Å². The van der Waals surface area contributed by atoms with Crippen molar-refractivity contribution >= 4 is 27.9 Å². The molecular formula is C40H35F3N2O7S. The van der Waals surface area contributed by atoms with E-state index in [1.165, 1.54) is 60.5 Å². The summed E-state index contributed by atoms with van der Waals surface area (Å²) in [6.45, 7) is -0.644. The van der Waals surface area contributed by atoms with Crippen molar-refractivity contribution < 1.29 is 45.4 Å². The number of nitrogens with zero attached hydrogens (tertiary/aromatic N) is 1. The molecule has 0 aliphatic carbocycles. The Morgan fingerprint density at radius 3 is 1.79 bits per heavy atom. The Morgan fingerprint density at radius 1 is 0.698 bits per heavy atom. The molecule has 1 N–H and O–H groups in total. The van der Waals surface area contributed by atoms with E-state index >= 15 is 0 Å². The number of halogens is 3. The summed E-state index contributed by atoms with van der Waals surface area (Å²) in [7, 11) is -1.99. The average Bonchev–Trinajstić information content (AvgIpc) is 3.18. The summed E-state index contributed by atoms with van der Waals surface area (Å²) in [5.41, 5.74) is 2.80. The number of rotatable bonds is 13. The van der Waals surface area contributed by atoms with Gasteiger partial charge in [-0.25, -0.2) is 22.7 Å².